The predicted octanol–water partition coefficient (Wildman–Crippen LogP) is 1.65. The number of methoxy groups -OCH3 is 1. The van der Waals surface area contributed by atoms with E-state index in [4.69, 9.17) is 9.26 Å². The first-order valence-corrected chi connectivity index (χ1v) is 3.73. The Morgan fingerprint density at radius 1 is 1.54 bits per heavy atom. The average molecular weight is 177 g/mol. The second-order valence-corrected chi connectivity index (χ2v) is 2.58. The molecule has 2 aromatic rings. The summed E-state index contributed by atoms with van der Waals surface area (Å²) in [6, 6.07) is 3.32. The minimum atomic E-state index is 0.465. The van der Waals surface area contributed by atoms with Crippen molar-refractivity contribution in [3.8, 4) is 5.75 Å². The van der Waals surface area contributed by atoms with Gasteiger partial charge in [-0.15, -0.1) is 0 Å². The average Bonchev–Trinajstić information content (AvgIpc) is 2.62. The van der Waals surface area contributed by atoms with Gasteiger partial charge in [0, 0.05) is 5.39 Å². The van der Waals surface area contributed by atoms with Gasteiger partial charge in [-0.25, -0.2) is 0 Å². The lowest BCUT2D eigenvalue weighted by Gasteiger charge is -2.01. The normalized spacial score (nSPS) is 10.2. The summed E-state index contributed by atoms with van der Waals surface area (Å²) in [4.78, 5) is 10.6. The molecule has 4 nitrogen and oxygen atoms in total. The van der Waals surface area contributed by atoms with E-state index >= 15 is 0 Å². The summed E-state index contributed by atoms with van der Waals surface area (Å²) in [6.45, 7) is 0. The maximum absolute atomic E-state index is 10.6. The third kappa shape index (κ3) is 1.16. The van der Waals surface area contributed by atoms with E-state index in [0.29, 0.717) is 16.9 Å². The monoisotopic (exact) mass is 177 g/mol. The van der Waals surface area contributed by atoms with E-state index in [1.54, 1.807) is 18.3 Å². The van der Waals surface area contributed by atoms with Gasteiger partial charge in [-0.1, -0.05) is 5.16 Å². The van der Waals surface area contributed by atoms with Gasteiger partial charge >= 0.3 is 0 Å². The Labute approximate surface area is 74.1 Å². The minimum Gasteiger partial charge on any atom is -0.496 e. The van der Waals surface area contributed by atoms with E-state index in [0.717, 1.165) is 11.7 Å². The Hall–Kier alpha value is -1.84. The second-order valence-electron chi connectivity index (χ2n) is 2.58. The number of carbonyl (C=O) groups is 1. The zero-order chi connectivity index (χ0) is 9.26. The molecule has 0 saturated heterocycles. The van der Waals surface area contributed by atoms with Crippen molar-refractivity contribution in [2.45, 2.75) is 0 Å². The lowest BCUT2D eigenvalue weighted by Crippen LogP contribution is -1.89. The summed E-state index contributed by atoms with van der Waals surface area (Å²) < 4.78 is 9.91. The van der Waals surface area contributed by atoms with Crippen LogP contribution in [0.1, 0.15) is 10.4 Å². The van der Waals surface area contributed by atoms with E-state index in [9.17, 15) is 4.79 Å². The maximum atomic E-state index is 10.6. The van der Waals surface area contributed by atoms with Crippen LogP contribution in [-0.2, 0) is 0 Å². The lowest BCUT2D eigenvalue weighted by atomic mass is 10.2. The van der Waals surface area contributed by atoms with E-state index in [2.05, 4.69) is 5.16 Å². The molecule has 0 radical (unpaired) electrons. The Kier molecular flexibility index (Phi) is 1.73. The molecule has 66 valence electrons. The van der Waals surface area contributed by atoms with Crippen LogP contribution in [0.2, 0.25) is 0 Å². The standard InChI is InChI=1S/C9H7NO3/c1-12-8-2-6-4-10-13-9(6)3-7(8)5-11/h2-5H,1H3. The van der Waals surface area contributed by atoms with Gasteiger partial charge < -0.3 is 9.26 Å². The highest BCUT2D eigenvalue weighted by atomic mass is 16.5. The summed E-state index contributed by atoms with van der Waals surface area (Å²) in [5, 5.41) is 4.43. The summed E-state index contributed by atoms with van der Waals surface area (Å²) >= 11 is 0. The molecule has 0 atom stereocenters. The first kappa shape index (κ1) is 7.79. The van der Waals surface area contributed by atoms with Crippen LogP contribution in [0.25, 0.3) is 11.0 Å². The molecule has 1 aromatic carbocycles. The van der Waals surface area contributed by atoms with Crippen LogP contribution in [0.5, 0.6) is 5.75 Å². The molecule has 0 amide bonds. The van der Waals surface area contributed by atoms with E-state index in [1.165, 1.54) is 7.11 Å². The number of nitrogens with zero attached hydrogens (tertiary/aromatic N) is 1. The molecule has 2 rings (SSSR count). The number of aldehydes is 1. The van der Waals surface area contributed by atoms with Crippen LogP contribution in [-0.4, -0.2) is 18.6 Å². The van der Waals surface area contributed by atoms with Crippen LogP contribution in [0.3, 0.4) is 0 Å². The van der Waals surface area contributed by atoms with Crippen molar-refractivity contribution in [2.75, 3.05) is 7.11 Å². The predicted molar refractivity (Wildman–Crippen MR) is 45.9 cm³/mol. The summed E-state index contributed by atoms with van der Waals surface area (Å²) in [7, 11) is 1.52. The maximum Gasteiger partial charge on any atom is 0.167 e. The molecule has 0 unspecified atom stereocenters. The number of aromatic nitrogens is 1. The number of rotatable bonds is 2. The van der Waals surface area contributed by atoms with Gasteiger partial charge in [-0.2, -0.15) is 0 Å². The Morgan fingerprint density at radius 3 is 3.08 bits per heavy atom. The quantitative estimate of drug-likeness (QED) is 0.654. The van der Waals surface area contributed by atoms with Gasteiger partial charge in [0.15, 0.2) is 11.9 Å². The smallest absolute Gasteiger partial charge is 0.167 e. The van der Waals surface area contributed by atoms with Gasteiger partial charge in [0.1, 0.15) is 5.75 Å². The third-order valence-electron chi connectivity index (χ3n) is 1.83. The molecule has 4 heteroatoms. The molecular formula is C9H7NO3. The van der Waals surface area contributed by atoms with Crippen LogP contribution < -0.4 is 4.74 Å². The van der Waals surface area contributed by atoms with Gasteiger partial charge in [0.05, 0.1) is 18.9 Å². The number of hydrogen-bond donors (Lipinski definition) is 0. The first-order chi connectivity index (χ1) is 6.35. The van der Waals surface area contributed by atoms with E-state index in [-0.39, 0.29) is 0 Å². The molecular weight excluding hydrogens is 170 g/mol. The fourth-order valence-corrected chi connectivity index (χ4v) is 1.18. The van der Waals surface area contributed by atoms with Gasteiger partial charge in [0.2, 0.25) is 0 Å². The van der Waals surface area contributed by atoms with Crippen molar-refractivity contribution in [1.29, 1.82) is 0 Å². The fourth-order valence-electron chi connectivity index (χ4n) is 1.18. The highest BCUT2D eigenvalue weighted by Crippen LogP contribution is 2.24. The van der Waals surface area contributed by atoms with Crippen LogP contribution >= 0.6 is 0 Å². The molecule has 0 fully saturated rings. The molecule has 0 aliphatic rings. The number of hydrogen-bond acceptors (Lipinski definition) is 4. The van der Waals surface area contributed by atoms with Gasteiger partial charge in [-0.3, -0.25) is 4.79 Å². The summed E-state index contributed by atoms with van der Waals surface area (Å²) in [5.41, 5.74) is 1.05. The largest absolute Gasteiger partial charge is 0.496 e. The molecule has 1 aromatic heterocycles. The number of ether oxygens (including phenoxy) is 1. The number of carbonyl (C=O) groups excluding carboxylic acids is 1. The highest BCUT2D eigenvalue weighted by Gasteiger charge is 2.06. The third-order valence-corrected chi connectivity index (χ3v) is 1.83. The van der Waals surface area contributed by atoms with Crippen molar-refractivity contribution in [1.82, 2.24) is 5.16 Å². The Morgan fingerprint density at radius 2 is 2.38 bits per heavy atom. The van der Waals surface area contributed by atoms with Crippen molar-refractivity contribution in [3.05, 3.63) is 23.9 Å². The van der Waals surface area contributed by atoms with Crippen LogP contribution in [0.4, 0.5) is 0 Å². The zero-order valence-corrected chi connectivity index (χ0v) is 6.98. The molecule has 0 bridgehead atoms. The van der Waals surface area contributed by atoms with Crippen LogP contribution in [0.15, 0.2) is 22.9 Å². The van der Waals surface area contributed by atoms with Crippen molar-refractivity contribution < 1.29 is 14.1 Å². The summed E-state index contributed by atoms with van der Waals surface area (Å²) in [5.74, 6) is 0.533. The Balaban J connectivity index is 2.73. The van der Waals surface area contributed by atoms with Crippen molar-refractivity contribution in [2.24, 2.45) is 0 Å². The number of fused-ring (bicyclic) bond motifs is 1. The Bertz CT molecular complexity index is 447. The first-order valence-electron chi connectivity index (χ1n) is 3.73. The van der Waals surface area contributed by atoms with Gasteiger partial charge in [0.25, 0.3) is 0 Å². The molecule has 0 spiro atoms. The molecule has 0 aliphatic heterocycles. The zero-order valence-electron chi connectivity index (χ0n) is 6.98. The van der Waals surface area contributed by atoms with E-state index in [1.807, 2.05) is 0 Å². The van der Waals surface area contributed by atoms with Gasteiger partial charge in [-0.05, 0) is 12.1 Å². The topological polar surface area (TPSA) is 52.3 Å². The fraction of sp³-hybridized carbons (Fsp3) is 0.111. The highest BCUT2D eigenvalue weighted by molar-refractivity contribution is 5.89. The van der Waals surface area contributed by atoms with E-state index < -0.39 is 0 Å². The molecule has 0 N–H and O–H groups in total. The molecule has 0 aliphatic carbocycles. The van der Waals surface area contributed by atoms with Crippen molar-refractivity contribution >= 4 is 17.3 Å². The van der Waals surface area contributed by atoms with Crippen molar-refractivity contribution in [3.63, 3.8) is 0 Å². The molecule has 1 heterocycles. The summed E-state index contributed by atoms with van der Waals surface area (Å²) in [6.07, 6.45) is 2.30. The lowest BCUT2D eigenvalue weighted by molar-refractivity contribution is 0.112. The molecule has 0 saturated carbocycles. The minimum absolute atomic E-state index is 0.465. The SMILES string of the molecule is COc1cc2cnoc2cc1C=O. The number of benzene rings is 1. The van der Waals surface area contributed by atoms with Crippen LogP contribution in [0, 0.1) is 0 Å². The molecule has 13 heavy (non-hydrogen) atoms. The second kappa shape index (κ2) is 2.90.